The van der Waals surface area contributed by atoms with Gasteiger partial charge >= 0.3 is 6.18 Å². The zero-order chi connectivity index (χ0) is 17.3. The summed E-state index contributed by atoms with van der Waals surface area (Å²) < 4.78 is 64.7. The molecule has 124 valence electrons. The third-order valence-corrected chi connectivity index (χ3v) is 4.55. The first-order chi connectivity index (χ1) is 10.6. The second kappa shape index (κ2) is 6.38. The van der Waals surface area contributed by atoms with E-state index in [1.165, 1.54) is 18.2 Å². The van der Waals surface area contributed by atoms with Crippen molar-refractivity contribution in [3.05, 3.63) is 58.6 Å². The highest BCUT2D eigenvalue weighted by Gasteiger charge is 2.31. The second-order valence-corrected chi connectivity index (χ2v) is 6.71. The molecule has 0 aliphatic rings. The molecule has 2 aromatic carbocycles. The van der Waals surface area contributed by atoms with Gasteiger partial charge < -0.3 is 5.11 Å². The van der Waals surface area contributed by atoms with Gasteiger partial charge in [0.25, 0.3) is 10.0 Å². The van der Waals surface area contributed by atoms with Gasteiger partial charge in [-0.25, -0.2) is 8.42 Å². The fourth-order valence-corrected chi connectivity index (χ4v) is 3.18. The fraction of sp³-hybridized carbons (Fsp3) is 0.143. The molecular formula is C14H11ClF3NO3S. The summed E-state index contributed by atoms with van der Waals surface area (Å²) in [6.07, 6.45) is -4.65. The van der Waals surface area contributed by atoms with Gasteiger partial charge in [0.1, 0.15) is 0 Å². The van der Waals surface area contributed by atoms with E-state index >= 15 is 0 Å². The molecule has 0 radical (unpaired) electrons. The van der Waals surface area contributed by atoms with Crippen molar-refractivity contribution in [1.82, 2.24) is 0 Å². The standard InChI is InChI=1S/C14H11ClF3NO3S/c15-11-4-5-13(9(6-11)8-20)19-23(21,22)12-3-1-2-10(7-12)14(16,17)18/h1-7,19-20H,8H2. The van der Waals surface area contributed by atoms with Crippen molar-refractivity contribution in [2.24, 2.45) is 0 Å². The molecule has 0 spiro atoms. The molecule has 0 aliphatic heterocycles. The molecule has 0 amide bonds. The van der Waals surface area contributed by atoms with Crippen LogP contribution in [0.4, 0.5) is 18.9 Å². The van der Waals surface area contributed by atoms with Crippen molar-refractivity contribution in [1.29, 1.82) is 0 Å². The van der Waals surface area contributed by atoms with Gasteiger partial charge in [-0.1, -0.05) is 17.7 Å². The van der Waals surface area contributed by atoms with Crippen LogP contribution in [0, 0.1) is 0 Å². The molecule has 4 nitrogen and oxygen atoms in total. The molecule has 2 N–H and O–H groups in total. The molecule has 0 aromatic heterocycles. The summed E-state index contributed by atoms with van der Waals surface area (Å²) in [7, 11) is -4.25. The number of aliphatic hydroxyl groups is 1. The lowest BCUT2D eigenvalue weighted by atomic mass is 10.2. The van der Waals surface area contributed by atoms with Gasteiger partial charge in [-0.2, -0.15) is 13.2 Å². The Kier molecular flexibility index (Phi) is 4.88. The molecule has 2 aromatic rings. The van der Waals surface area contributed by atoms with E-state index in [0.717, 1.165) is 18.2 Å². The summed E-state index contributed by atoms with van der Waals surface area (Å²) >= 11 is 5.74. The third-order valence-electron chi connectivity index (χ3n) is 2.95. The van der Waals surface area contributed by atoms with Gasteiger partial charge in [0.2, 0.25) is 0 Å². The summed E-state index contributed by atoms with van der Waals surface area (Å²) in [6, 6.07) is 7.44. The second-order valence-electron chi connectivity index (χ2n) is 4.59. The van der Waals surface area contributed by atoms with Crippen LogP contribution in [0.3, 0.4) is 0 Å². The predicted octanol–water partition coefficient (Wildman–Crippen LogP) is 3.65. The van der Waals surface area contributed by atoms with Gasteiger partial charge in [0, 0.05) is 10.6 Å². The largest absolute Gasteiger partial charge is 0.416 e. The zero-order valence-electron chi connectivity index (χ0n) is 11.4. The van der Waals surface area contributed by atoms with Crippen molar-refractivity contribution in [3.8, 4) is 0 Å². The highest BCUT2D eigenvalue weighted by molar-refractivity contribution is 7.92. The number of sulfonamides is 1. The summed E-state index contributed by atoms with van der Waals surface area (Å²) in [4.78, 5) is -0.536. The van der Waals surface area contributed by atoms with E-state index in [-0.39, 0.29) is 16.3 Å². The minimum Gasteiger partial charge on any atom is -0.392 e. The molecule has 0 fully saturated rings. The van der Waals surface area contributed by atoms with Crippen LogP contribution in [0.25, 0.3) is 0 Å². The van der Waals surface area contributed by atoms with Crippen LogP contribution >= 0.6 is 11.6 Å². The lowest BCUT2D eigenvalue weighted by Crippen LogP contribution is -2.15. The Bertz CT molecular complexity index is 822. The number of halogens is 4. The van der Waals surface area contributed by atoms with Gasteiger partial charge in [0.15, 0.2) is 0 Å². The van der Waals surface area contributed by atoms with E-state index in [1.807, 2.05) is 0 Å². The molecule has 23 heavy (non-hydrogen) atoms. The van der Waals surface area contributed by atoms with Gasteiger partial charge in [-0.15, -0.1) is 0 Å². The Hall–Kier alpha value is -1.77. The lowest BCUT2D eigenvalue weighted by Gasteiger charge is -2.13. The number of rotatable bonds is 4. The maximum absolute atomic E-state index is 12.7. The van der Waals surface area contributed by atoms with Crippen LogP contribution < -0.4 is 4.72 Å². The number of hydrogen-bond acceptors (Lipinski definition) is 3. The molecule has 9 heteroatoms. The number of alkyl halides is 3. The Balaban J connectivity index is 2.40. The number of hydrogen-bond donors (Lipinski definition) is 2. The number of benzene rings is 2. The van der Waals surface area contributed by atoms with Gasteiger partial charge in [0.05, 0.1) is 22.8 Å². The van der Waals surface area contributed by atoms with Crippen LogP contribution in [0.1, 0.15) is 11.1 Å². The molecule has 0 aliphatic carbocycles. The summed E-state index contributed by atoms with van der Waals surface area (Å²) in [5.41, 5.74) is -0.832. The van der Waals surface area contributed by atoms with Crippen molar-refractivity contribution >= 4 is 27.3 Å². The van der Waals surface area contributed by atoms with Crippen LogP contribution in [-0.4, -0.2) is 13.5 Å². The minimum absolute atomic E-state index is 0.0364. The van der Waals surface area contributed by atoms with Crippen molar-refractivity contribution in [2.45, 2.75) is 17.7 Å². The van der Waals surface area contributed by atoms with Crippen molar-refractivity contribution in [3.63, 3.8) is 0 Å². The van der Waals surface area contributed by atoms with Crippen molar-refractivity contribution in [2.75, 3.05) is 4.72 Å². The van der Waals surface area contributed by atoms with Gasteiger partial charge in [-0.3, -0.25) is 4.72 Å². The maximum Gasteiger partial charge on any atom is 0.416 e. The smallest absolute Gasteiger partial charge is 0.392 e. The quantitative estimate of drug-likeness (QED) is 0.869. The predicted molar refractivity (Wildman–Crippen MR) is 79.6 cm³/mol. The van der Waals surface area contributed by atoms with E-state index in [0.29, 0.717) is 6.07 Å². The Morgan fingerprint density at radius 1 is 1.13 bits per heavy atom. The van der Waals surface area contributed by atoms with E-state index in [2.05, 4.69) is 4.72 Å². The average Bonchev–Trinajstić information content (AvgIpc) is 2.48. The molecule has 0 heterocycles. The summed E-state index contributed by atoms with van der Waals surface area (Å²) in [5.74, 6) is 0. The number of nitrogens with one attached hydrogen (secondary N) is 1. The van der Waals surface area contributed by atoms with E-state index < -0.39 is 33.3 Å². The number of aliphatic hydroxyl groups excluding tert-OH is 1. The molecule has 2 rings (SSSR count). The lowest BCUT2D eigenvalue weighted by molar-refractivity contribution is -0.137. The minimum atomic E-state index is -4.65. The van der Waals surface area contributed by atoms with Crippen molar-refractivity contribution < 1.29 is 26.7 Å². The summed E-state index contributed by atoms with van der Waals surface area (Å²) in [5, 5.41) is 9.51. The van der Waals surface area contributed by atoms with E-state index in [1.54, 1.807) is 0 Å². The number of anilines is 1. The molecule has 0 saturated heterocycles. The molecule has 0 saturated carbocycles. The first-order valence-corrected chi connectivity index (χ1v) is 8.09. The zero-order valence-corrected chi connectivity index (χ0v) is 13.0. The molecule has 0 atom stereocenters. The maximum atomic E-state index is 12.7. The van der Waals surface area contributed by atoms with Crippen LogP contribution in [0.15, 0.2) is 47.4 Å². The Morgan fingerprint density at radius 3 is 2.43 bits per heavy atom. The normalized spacial score (nSPS) is 12.2. The Labute approximate surface area is 135 Å². The van der Waals surface area contributed by atoms with Crippen LogP contribution in [0.2, 0.25) is 5.02 Å². The SMILES string of the molecule is O=S(=O)(Nc1ccc(Cl)cc1CO)c1cccc(C(F)(F)F)c1. The van der Waals surface area contributed by atoms with Crippen LogP contribution in [0.5, 0.6) is 0 Å². The molecule has 0 bridgehead atoms. The highest BCUT2D eigenvalue weighted by atomic mass is 35.5. The van der Waals surface area contributed by atoms with Crippen LogP contribution in [-0.2, 0) is 22.8 Å². The van der Waals surface area contributed by atoms with Gasteiger partial charge in [-0.05, 0) is 36.4 Å². The topological polar surface area (TPSA) is 66.4 Å². The average molecular weight is 366 g/mol. The highest BCUT2D eigenvalue weighted by Crippen LogP contribution is 2.31. The molecule has 0 unspecified atom stereocenters. The fourth-order valence-electron chi connectivity index (χ4n) is 1.84. The summed E-state index contributed by atoms with van der Waals surface area (Å²) in [6.45, 7) is -0.485. The first-order valence-electron chi connectivity index (χ1n) is 6.23. The monoisotopic (exact) mass is 365 g/mol. The first kappa shape index (κ1) is 17.6. The van der Waals surface area contributed by atoms with E-state index in [9.17, 15) is 26.7 Å². The molecular weight excluding hydrogens is 355 g/mol. The Morgan fingerprint density at radius 2 is 1.83 bits per heavy atom. The third kappa shape index (κ3) is 4.15. The van der Waals surface area contributed by atoms with E-state index in [4.69, 9.17) is 11.6 Å².